The number of aromatic nitrogens is 1. The van der Waals surface area contributed by atoms with E-state index in [0.717, 1.165) is 10.0 Å². The van der Waals surface area contributed by atoms with Crippen molar-refractivity contribution in [1.29, 1.82) is 0 Å². The standard InChI is InChI=1S/C10H17BrN4O2S/c1-8-6-9(11)7-13-10(8)14-18(16,17)15(2)5-3-4-12/h6-7H,3-5,12H2,1-2H3,(H,13,14). The Bertz CT molecular complexity index is 507. The van der Waals surface area contributed by atoms with Crippen LogP contribution in [0.15, 0.2) is 16.7 Å². The minimum absolute atomic E-state index is 0.331. The average molecular weight is 337 g/mol. The summed E-state index contributed by atoms with van der Waals surface area (Å²) >= 11 is 3.28. The van der Waals surface area contributed by atoms with Crippen LogP contribution in [0, 0.1) is 6.92 Å². The van der Waals surface area contributed by atoms with Crippen molar-refractivity contribution in [2.75, 3.05) is 24.9 Å². The summed E-state index contributed by atoms with van der Waals surface area (Å²) in [7, 11) is -2.06. The van der Waals surface area contributed by atoms with Crippen LogP contribution in [-0.2, 0) is 10.2 Å². The van der Waals surface area contributed by atoms with Crippen molar-refractivity contribution in [1.82, 2.24) is 9.29 Å². The number of halogens is 1. The third-order valence-corrected chi connectivity index (χ3v) is 4.25. The van der Waals surface area contributed by atoms with Crippen LogP contribution < -0.4 is 10.5 Å². The van der Waals surface area contributed by atoms with Crippen molar-refractivity contribution in [2.45, 2.75) is 13.3 Å². The Hall–Kier alpha value is -0.700. The molecule has 0 bridgehead atoms. The molecule has 0 radical (unpaired) electrons. The smallest absolute Gasteiger partial charge is 0.302 e. The van der Waals surface area contributed by atoms with Gasteiger partial charge in [-0.2, -0.15) is 12.7 Å². The van der Waals surface area contributed by atoms with E-state index in [9.17, 15) is 8.42 Å². The van der Waals surface area contributed by atoms with Crippen molar-refractivity contribution >= 4 is 32.0 Å². The van der Waals surface area contributed by atoms with Crippen molar-refractivity contribution in [3.8, 4) is 0 Å². The molecular formula is C10H17BrN4O2S. The first-order valence-electron chi connectivity index (χ1n) is 5.43. The van der Waals surface area contributed by atoms with E-state index in [1.54, 1.807) is 19.2 Å². The summed E-state index contributed by atoms with van der Waals surface area (Å²) in [6, 6.07) is 1.80. The van der Waals surface area contributed by atoms with E-state index in [2.05, 4.69) is 25.6 Å². The number of nitrogens with one attached hydrogen (secondary N) is 1. The molecular weight excluding hydrogens is 320 g/mol. The molecule has 0 spiro atoms. The predicted molar refractivity (Wildman–Crippen MR) is 75.5 cm³/mol. The Kier molecular flexibility index (Phi) is 5.51. The van der Waals surface area contributed by atoms with Gasteiger partial charge in [-0.25, -0.2) is 4.98 Å². The molecule has 3 N–H and O–H groups in total. The highest BCUT2D eigenvalue weighted by atomic mass is 79.9. The number of anilines is 1. The lowest BCUT2D eigenvalue weighted by molar-refractivity contribution is 0.468. The number of pyridine rings is 1. The van der Waals surface area contributed by atoms with E-state index in [1.807, 2.05) is 0 Å². The van der Waals surface area contributed by atoms with E-state index >= 15 is 0 Å². The van der Waals surface area contributed by atoms with Crippen LogP contribution in [0.1, 0.15) is 12.0 Å². The molecule has 0 amide bonds. The monoisotopic (exact) mass is 336 g/mol. The van der Waals surface area contributed by atoms with Gasteiger partial charge in [0, 0.05) is 24.3 Å². The number of hydrogen-bond donors (Lipinski definition) is 2. The first-order valence-corrected chi connectivity index (χ1v) is 7.66. The van der Waals surface area contributed by atoms with Crippen molar-refractivity contribution in [3.05, 3.63) is 22.3 Å². The normalized spacial score (nSPS) is 11.8. The molecule has 0 unspecified atom stereocenters. The van der Waals surface area contributed by atoms with E-state index in [0.29, 0.717) is 25.3 Å². The van der Waals surface area contributed by atoms with Gasteiger partial charge in [0.25, 0.3) is 0 Å². The summed E-state index contributed by atoms with van der Waals surface area (Å²) in [5.74, 6) is 0.331. The molecule has 1 heterocycles. The Balaban J connectivity index is 2.82. The van der Waals surface area contributed by atoms with Gasteiger partial charge >= 0.3 is 10.2 Å². The fourth-order valence-corrected chi connectivity index (χ4v) is 2.71. The Morgan fingerprint density at radius 1 is 1.56 bits per heavy atom. The fraction of sp³-hybridized carbons (Fsp3) is 0.500. The zero-order valence-corrected chi connectivity index (χ0v) is 12.8. The van der Waals surface area contributed by atoms with Gasteiger partial charge in [-0.05, 0) is 47.4 Å². The van der Waals surface area contributed by atoms with Gasteiger partial charge in [-0.15, -0.1) is 0 Å². The van der Waals surface area contributed by atoms with Gasteiger partial charge in [0.15, 0.2) is 0 Å². The maximum absolute atomic E-state index is 12.0. The fourth-order valence-electron chi connectivity index (χ4n) is 1.28. The van der Waals surface area contributed by atoms with Gasteiger partial charge < -0.3 is 5.73 Å². The maximum Gasteiger partial charge on any atom is 0.302 e. The van der Waals surface area contributed by atoms with Crippen LogP contribution in [0.2, 0.25) is 0 Å². The molecule has 0 saturated carbocycles. The molecule has 0 saturated heterocycles. The van der Waals surface area contributed by atoms with Crippen LogP contribution in [0.5, 0.6) is 0 Å². The van der Waals surface area contributed by atoms with Crippen LogP contribution in [0.3, 0.4) is 0 Å². The highest BCUT2D eigenvalue weighted by Gasteiger charge is 2.18. The van der Waals surface area contributed by atoms with Gasteiger partial charge in [0.1, 0.15) is 5.82 Å². The third-order valence-electron chi connectivity index (χ3n) is 2.36. The molecule has 8 heteroatoms. The van der Waals surface area contributed by atoms with E-state index in [-0.39, 0.29) is 0 Å². The molecule has 0 fully saturated rings. The molecule has 0 aliphatic heterocycles. The van der Waals surface area contributed by atoms with Crippen LogP contribution in [-0.4, -0.2) is 37.8 Å². The quantitative estimate of drug-likeness (QED) is 0.813. The molecule has 18 heavy (non-hydrogen) atoms. The lowest BCUT2D eigenvalue weighted by atomic mass is 10.3. The topological polar surface area (TPSA) is 88.3 Å². The van der Waals surface area contributed by atoms with Crippen LogP contribution in [0.4, 0.5) is 5.82 Å². The first-order chi connectivity index (χ1) is 8.36. The van der Waals surface area contributed by atoms with Crippen LogP contribution in [0.25, 0.3) is 0 Å². The highest BCUT2D eigenvalue weighted by Crippen LogP contribution is 2.18. The minimum Gasteiger partial charge on any atom is -0.330 e. The number of rotatable bonds is 6. The van der Waals surface area contributed by atoms with E-state index < -0.39 is 10.2 Å². The van der Waals surface area contributed by atoms with Crippen molar-refractivity contribution in [3.63, 3.8) is 0 Å². The Labute approximate surface area is 116 Å². The van der Waals surface area contributed by atoms with Gasteiger partial charge in [0.05, 0.1) is 0 Å². The van der Waals surface area contributed by atoms with E-state index in [1.165, 1.54) is 11.4 Å². The summed E-state index contributed by atoms with van der Waals surface area (Å²) in [4.78, 5) is 4.04. The maximum atomic E-state index is 12.0. The molecule has 0 aliphatic carbocycles. The number of hydrogen-bond acceptors (Lipinski definition) is 4. The number of nitrogens with zero attached hydrogens (tertiary/aromatic N) is 2. The Morgan fingerprint density at radius 2 is 2.22 bits per heavy atom. The SMILES string of the molecule is Cc1cc(Br)cnc1NS(=O)(=O)N(C)CCCN. The summed E-state index contributed by atoms with van der Waals surface area (Å²) in [6.07, 6.45) is 2.16. The molecule has 0 aromatic carbocycles. The minimum atomic E-state index is -3.57. The molecule has 6 nitrogen and oxygen atoms in total. The van der Waals surface area contributed by atoms with Gasteiger partial charge in [-0.1, -0.05) is 0 Å². The second kappa shape index (κ2) is 6.46. The third kappa shape index (κ3) is 4.20. The van der Waals surface area contributed by atoms with Gasteiger partial charge in [-0.3, -0.25) is 4.72 Å². The Morgan fingerprint density at radius 3 is 2.78 bits per heavy atom. The molecule has 102 valence electrons. The van der Waals surface area contributed by atoms with Crippen molar-refractivity contribution in [2.24, 2.45) is 5.73 Å². The first kappa shape index (κ1) is 15.4. The number of nitrogens with two attached hydrogens (primary N) is 1. The van der Waals surface area contributed by atoms with Crippen molar-refractivity contribution < 1.29 is 8.42 Å². The zero-order chi connectivity index (χ0) is 13.8. The largest absolute Gasteiger partial charge is 0.330 e. The summed E-state index contributed by atoms with van der Waals surface area (Å²) in [5, 5.41) is 0. The van der Waals surface area contributed by atoms with Crippen LogP contribution >= 0.6 is 15.9 Å². The predicted octanol–water partition coefficient (Wildman–Crippen LogP) is 1.09. The highest BCUT2D eigenvalue weighted by molar-refractivity contribution is 9.10. The number of aryl methyl sites for hydroxylation is 1. The summed E-state index contributed by atoms with van der Waals surface area (Å²) in [5.41, 5.74) is 6.10. The second-order valence-corrected chi connectivity index (χ2v) is 6.58. The average Bonchev–Trinajstić information content (AvgIpc) is 2.29. The lowest BCUT2D eigenvalue weighted by Gasteiger charge is -2.18. The zero-order valence-electron chi connectivity index (χ0n) is 10.4. The second-order valence-electron chi connectivity index (χ2n) is 3.89. The molecule has 0 atom stereocenters. The molecule has 1 rings (SSSR count). The molecule has 0 aliphatic rings. The summed E-state index contributed by atoms with van der Waals surface area (Å²) < 4.78 is 28.4. The summed E-state index contributed by atoms with van der Waals surface area (Å²) in [6.45, 7) is 2.62. The van der Waals surface area contributed by atoms with Gasteiger partial charge in [0.2, 0.25) is 0 Å². The van der Waals surface area contributed by atoms with E-state index in [4.69, 9.17) is 5.73 Å². The molecule has 1 aromatic heterocycles. The molecule has 1 aromatic rings. The lowest BCUT2D eigenvalue weighted by Crippen LogP contribution is -2.34.